The van der Waals surface area contributed by atoms with Gasteiger partial charge < -0.3 is 19.7 Å². The SMILES string of the molecule is COc1cc(/C=C/C(=O)C(=Cc2ccc(C)cc2)C(=O)/C=C/c2ccc(O)c(OC)c2)ccc1O. The Morgan fingerprint density at radius 3 is 1.54 bits per heavy atom. The van der Waals surface area contributed by atoms with Crippen molar-refractivity contribution >= 4 is 29.8 Å². The van der Waals surface area contributed by atoms with Crippen molar-refractivity contribution in [3.8, 4) is 23.0 Å². The molecule has 0 spiro atoms. The first-order valence-corrected chi connectivity index (χ1v) is 10.8. The van der Waals surface area contributed by atoms with Gasteiger partial charge in [-0.25, -0.2) is 0 Å². The molecule has 0 radical (unpaired) electrons. The molecule has 0 amide bonds. The minimum atomic E-state index is -0.476. The first kappa shape index (κ1) is 25.1. The average molecular weight is 471 g/mol. The largest absolute Gasteiger partial charge is 0.504 e. The van der Waals surface area contributed by atoms with E-state index >= 15 is 0 Å². The maximum atomic E-state index is 13.1. The van der Waals surface area contributed by atoms with Gasteiger partial charge in [0.05, 0.1) is 19.8 Å². The van der Waals surface area contributed by atoms with Crippen molar-refractivity contribution in [1.29, 1.82) is 0 Å². The van der Waals surface area contributed by atoms with Crippen molar-refractivity contribution in [3.63, 3.8) is 0 Å². The van der Waals surface area contributed by atoms with Crippen molar-refractivity contribution in [2.24, 2.45) is 0 Å². The summed E-state index contributed by atoms with van der Waals surface area (Å²) in [6.45, 7) is 1.95. The fourth-order valence-electron chi connectivity index (χ4n) is 3.21. The highest BCUT2D eigenvalue weighted by atomic mass is 16.5. The summed E-state index contributed by atoms with van der Waals surface area (Å²) in [5, 5.41) is 19.5. The first-order valence-electron chi connectivity index (χ1n) is 10.8. The summed E-state index contributed by atoms with van der Waals surface area (Å²) < 4.78 is 10.2. The van der Waals surface area contributed by atoms with Crippen molar-refractivity contribution < 1.29 is 29.3 Å². The van der Waals surface area contributed by atoms with Crippen LogP contribution in [-0.4, -0.2) is 36.0 Å². The van der Waals surface area contributed by atoms with Gasteiger partial charge in [0.15, 0.2) is 34.6 Å². The second-order valence-electron chi connectivity index (χ2n) is 7.73. The first-order chi connectivity index (χ1) is 16.8. The summed E-state index contributed by atoms with van der Waals surface area (Å²) >= 11 is 0. The number of aryl methyl sites for hydroxylation is 1. The van der Waals surface area contributed by atoms with Crippen LogP contribution in [0.5, 0.6) is 23.0 Å². The zero-order valence-electron chi connectivity index (χ0n) is 19.7. The van der Waals surface area contributed by atoms with Crippen LogP contribution < -0.4 is 9.47 Å². The maximum Gasteiger partial charge on any atom is 0.189 e. The van der Waals surface area contributed by atoms with Crippen LogP contribution in [-0.2, 0) is 9.59 Å². The van der Waals surface area contributed by atoms with E-state index in [0.717, 1.165) is 5.56 Å². The molecule has 0 fully saturated rings. The Morgan fingerprint density at radius 2 is 1.11 bits per heavy atom. The van der Waals surface area contributed by atoms with Gasteiger partial charge in [0.25, 0.3) is 0 Å². The molecule has 6 nitrogen and oxygen atoms in total. The molecule has 0 saturated heterocycles. The average Bonchev–Trinajstić information content (AvgIpc) is 2.86. The lowest BCUT2D eigenvalue weighted by atomic mass is 10.00. The Bertz CT molecular complexity index is 1240. The smallest absolute Gasteiger partial charge is 0.189 e. The number of ether oxygens (including phenoxy) is 2. The molecule has 0 aliphatic carbocycles. The van der Waals surface area contributed by atoms with Gasteiger partial charge in [-0.3, -0.25) is 9.59 Å². The van der Waals surface area contributed by atoms with E-state index in [-0.39, 0.29) is 28.6 Å². The Morgan fingerprint density at radius 1 is 0.686 bits per heavy atom. The number of carbonyl (C=O) groups is 2. The topological polar surface area (TPSA) is 93.1 Å². The highest BCUT2D eigenvalue weighted by molar-refractivity contribution is 6.31. The van der Waals surface area contributed by atoms with Gasteiger partial charge in [0.2, 0.25) is 0 Å². The third-order valence-electron chi connectivity index (χ3n) is 5.18. The summed E-state index contributed by atoms with van der Waals surface area (Å²) in [5.74, 6) is -0.424. The molecular weight excluding hydrogens is 444 g/mol. The molecule has 0 aliphatic rings. The summed E-state index contributed by atoms with van der Waals surface area (Å²) in [4.78, 5) is 26.1. The molecule has 0 unspecified atom stereocenters. The molecule has 0 atom stereocenters. The third-order valence-corrected chi connectivity index (χ3v) is 5.18. The van der Waals surface area contributed by atoms with Crippen molar-refractivity contribution in [1.82, 2.24) is 0 Å². The van der Waals surface area contributed by atoms with Crippen molar-refractivity contribution in [2.75, 3.05) is 14.2 Å². The molecule has 3 aromatic carbocycles. The Balaban J connectivity index is 1.92. The summed E-state index contributed by atoms with van der Waals surface area (Å²) in [6.07, 6.45) is 7.26. The molecule has 3 rings (SSSR count). The van der Waals surface area contributed by atoms with E-state index in [0.29, 0.717) is 16.7 Å². The standard InChI is InChI=1S/C29H26O6/c1-19-4-6-20(7-5-19)16-23(24(30)12-8-21-10-14-26(32)28(17-21)34-2)25(31)13-9-22-11-15-27(33)29(18-22)35-3/h4-18,32-33H,1-3H3/b12-8+,13-9+. The number of aromatic hydroxyl groups is 2. The van der Waals surface area contributed by atoms with Crippen LogP contribution in [0.15, 0.2) is 78.4 Å². The van der Waals surface area contributed by atoms with Gasteiger partial charge in [-0.05, 0) is 66.1 Å². The highest BCUT2D eigenvalue weighted by Gasteiger charge is 2.14. The molecule has 6 heteroatoms. The number of ketones is 2. The minimum Gasteiger partial charge on any atom is -0.504 e. The van der Waals surface area contributed by atoms with Crippen LogP contribution in [0.25, 0.3) is 18.2 Å². The van der Waals surface area contributed by atoms with Crippen molar-refractivity contribution in [2.45, 2.75) is 6.92 Å². The zero-order chi connectivity index (χ0) is 25.4. The quantitative estimate of drug-likeness (QED) is 0.248. The third kappa shape index (κ3) is 6.71. The molecule has 0 aliphatic heterocycles. The molecule has 2 N–H and O–H groups in total. The summed E-state index contributed by atoms with van der Waals surface area (Å²) in [5.41, 5.74) is 3.01. The molecule has 35 heavy (non-hydrogen) atoms. The zero-order valence-corrected chi connectivity index (χ0v) is 19.7. The van der Waals surface area contributed by atoms with Crippen LogP contribution >= 0.6 is 0 Å². The van der Waals surface area contributed by atoms with Crippen LogP contribution in [0.1, 0.15) is 22.3 Å². The second kappa shape index (κ2) is 11.5. The van der Waals surface area contributed by atoms with E-state index in [2.05, 4.69) is 0 Å². The predicted molar refractivity (Wildman–Crippen MR) is 137 cm³/mol. The van der Waals surface area contributed by atoms with E-state index in [1.165, 1.54) is 38.5 Å². The maximum absolute atomic E-state index is 13.1. The number of hydrogen-bond donors (Lipinski definition) is 2. The monoisotopic (exact) mass is 470 g/mol. The lowest BCUT2D eigenvalue weighted by molar-refractivity contribution is -0.116. The summed E-state index contributed by atoms with van der Waals surface area (Å²) in [7, 11) is 2.87. The number of phenols is 2. The normalized spacial score (nSPS) is 10.9. The molecule has 0 aromatic heterocycles. The van der Waals surface area contributed by atoms with E-state index in [4.69, 9.17) is 9.47 Å². The molecule has 3 aromatic rings. The molecule has 0 bridgehead atoms. The highest BCUT2D eigenvalue weighted by Crippen LogP contribution is 2.28. The number of allylic oxidation sites excluding steroid dienone is 3. The Labute approximate surface area is 204 Å². The second-order valence-corrected chi connectivity index (χ2v) is 7.73. The van der Waals surface area contributed by atoms with E-state index < -0.39 is 11.6 Å². The van der Waals surface area contributed by atoms with Crippen LogP contribution in [0, 0.1) is 6.92 Å². The number of hydrogen-bond acceptors (Lipinski definition) is 6. The molecule has 178 valence electrons. The number of phenolic OH excluding ortho intramolecular Hbond substituents is 2. The number of methoxy groups -OCH3 is 2. The van der Waals surface area contributed by atoms with E-state index in [1.54, 1.807) is 42.5 Å². The molecule has 0 saturated carbocycles. The van der Waals surface area contributed by atoms with Gasteiger partial charge in [0, 0.05) is 0 Å². The lowest BCUT2D eigenvalue weighted by Crippen LogP contribution is -2.08. The fraction of sp³-hybridized carbons (Fsp3) is 0.103. The number of carbonyl (C=O) groups excluding carboxylic acids is 2. The van der Waals surface area contributed by atoms with E-state index in [1.807, 2.05) is 31.2 Å². The lowest BCUT2D eigenvalue weighted by Gasteiger charge is -2.05. The van der Waals surface area contributed by atoms with Gasteiger partial charge in [-0.1, -0.05) is 54.1 Å². The predicted octanol–water partition coefficient (Wildman–Crippen LogP) is 5.37. The van der Waals surface area contributed by atoms with Crippen LogP contribution in [0.4, 0.5) is 0 Å². The fourth-order valence-corrected chi connectivity index (χ4v) is 3.21. The molecule has 0 heterocycles. The minimum absolute atomic E-state index is 0.0119. The van der Waals surface area contributed by atoms with Crippen LogP contribution in [0.2, 0.25) is 0 Å². The van der Waals surface area contributed by atoms with Crippen LogP contribution in [0.3, 0.4) is 0 Å². The molecular formula is C29H26O6. The van der Waals surface area contributed by atoms with Crippen molar-refractivity contribution in [3.05, 3.63) is 101 Å². The van der Waals surface area contributed by atoms with Gasteiger partial charge in [0.1, 0.15) is 0 Å². The van der Waals surface area contributed by atoms with Gasteiger partial charge in [-0.15, -0.1) is 0 Å². The van der Waals surface area contributed by atoms with Gasteiger partial charge in [-0.2, -0.15) is 0 Å². The number of rotatable bonds is 9. The van der Waals surface area contributed by atoms with E-state index in [9.17, 15) is 19.8 Å². The Kier molecular flexibility index (Phi) is 8.24. The Hall–Kier alpha value is -4.58. The summed E-state index contributed by atoms with van der Waals surface area (Å²) in [6, 6.07) is 16.8. The van der Waals surface area contributed by atoms with Gasteiger partial charge >= 0.3 is 0 Å². The number of benzene rings is 3.